The van der Waals surface area contributed by atoms with Crippen LogP contribution in [0.25, 0.3) is 17.0 Å². The van der Waals surface area contributed by atoms with Crippen LogP contribution in [0.4, 0.5) is 0 Å². The third-order valence-electron chi connectivity index (χ3n) is 4.81. The van der Waals surface area contributed by atoms with Crippen LogP contribution in [0.2, 0.25) is 0 Å². The summed E-state index contributed by atoms with van der Waals surface area (Å²) in [5.74, 6) is 0.628. The molecule has 0 aliphatic carbocycles. The van der Waals surface area contributed by atoms with Gasteiger partial charge in [-0.1, -0.05) is 72.4 Å². The fourth-order valence-electron chi connectivity index (χ4n) is 3.24. The normalized spacial score (nSPS) is 12.0. The number of aromatic amines is 1. The van der Waals surface area contributed by atoms with Gasteiger partial charge in [0.1, 0.15) is 0 Å². The topological polar surface area (TPSA) is 92.2 Å². The van der Waals surface area contributed by atoms with Gasteiger partial charge in [0.2, 0.25) is 5.91 Å². The molecule has 0 bridgehead atoms. The van der Waals surface area contributed by atoms with E-state index in [9.17, 15) is 9.59 Å². The van der Waals surface area contributed by atoms with Crippen LogP contribution >= 0.6 is 11.8 Å². The van der Waals surface area contributed by atoms with Gasteiger partial charge in [-0.2, -0.15) is 0 Å². The van der Waals surface area contributed by atoms with Gasteiger partial charge in [-0.3, -0.25) is 14.7 Å². The van der Waals surface area contributed by atoms with Crippen molar-refractivity contribution in [2.45, 2.75) is 31.0 Å². The van der Waals surface area contributed by atoms with E-state index < -0.39 is 0 Å². The summed E-state index contributed by atoms with van der Waals surface area (Å²) in [4.78, 5) is 33.3. The zero-order chi connectivity index (χ0) is 21.6. The van der Waals surface area contributed by atoms with E-state index in [-0.39, 0.29) is 23.3 Å². The highest BCUT2D eigenvalue weighted by Gasteiger charge is 2.14. The van der Waals surface area contributed by atoms with Gasteiger partial charge in [-0.15, -0.1) is 0 Å². The lowest BCUT2D eigenvalue weighted by molar-refractivity contribution is -0.119. The van der Waals surface area contributed by atoms with Crippen molar-refractivity contribution < 1.29 is 4.79 Å². The standard InChI is InChI=1S/C23H23N5O2S/c1-16(12-13-17-8-4-2-5-9-17)24-21(30)15-31-23-26-22(18-10-6-3-7-11-18)25-19-14-20(29)27-28(19)23/h2-11,14,16H,12-13,15H2,1H3,(H,24,30)(H,27,29). The van der Waals surface area contributed by atoms with E-state index in [2.05, 4.69) is 32.5 Å². The number of thioether (sulfide) groups is 1. The summed E-state index contributed by atoms with van der Waals surface area (Å²) < 4.78 is 1.52. The molecule has 0 aliphatic rings. The Labute approximate surface area is 183 Å². The minimum atomic E-state index is -0.264. The van der Waals surface area contributed by atoms with E-state index >= 15 is 0 Å². The van der Waals surface area contributed by atoms with Crippen LogP contribution in [-0.2, 0) is 11.2 Å². The van der Waals surface area contributed by atoms with Crippen LogP contribution in [0.15, 0.2) is 76.7 Å². The van der Waals surface area contributed by atoms with Crippen LogP contribution in [-0.4, -0.2) is 37.3 Å². The Kier molecular flexibility index (Phi) is 6.47. The van der Waals surface area contributed by atoms with Crippen LogP contribution in [0, 0.1) is 0 Å². The van der Waals surface area contributed by atoms with Crippen molar-refractivity contribution in [3.05, 3.63) is 82.6 Å². The van der Waals surface area contributed by atoms with Crippen molar-refractivity contribution in [1.29, 1.82) is 0 Å². The fraction of sp³-hybridized carbons (Fsp3) is 0.217. The molecule has 158 valence electrons. The first-order valence-electron chi connectivity index (χ1n) is 10.1. The number of benzene rings is 2. The summed E-state index contributed by atoms with van der Waals surface area (Å²) in [6, 6.07) is 21.2. The second-order valence-corrected chi connectivity index (χ2v) is 8.23. The average molecular weight is 434 g/mol. The SMILES string of the molecule is CC(CCc1ccccc1)NC(=O)CSc1nc(-c2ccccc2)nc2cc(=O)[nH]n12. The number of carbonyl (C=O) groups excluding carboxylic acids is 1. The summed E-state index contributed by atoms with van der Waals surface area (Å²) in [5.41, 5.74) is 2.31. The number of rotatable bonds is 8. The van der Waals surface area contributed by atoms with Gasteiger partial charge in [-0.05, 0) is 25.3 Å². The highest BCUT2D eigenvalue weighted by molar-refractivity contribution is 7.99. The molecule has 0 saturated heterocycles. The first-order chi connectivity index (χ1) is 15.1. The van der Waals surface area contributed by atoms with Crippen LogP contribution in [0.1, 0.15) is 18.9 Å². The first-order valence-corrected chi connectivity index (χ1v) is 11.1. The molecule has 0 radical (unpaired) electrons. The molecule has 0 spiro atoms. The minimum Gasteiger partial charge on any atom is -0.353 e. The molecule has 4 aromatic rings. The van der Waals surface area contributed by atoms with Crippen LogP contribution < -0.4 is 10.9 Å². The van der Waals surface area contributed by atoms with Gasteiger partial charge in [0.05, 0.1) is 5.75 Å². The van der Waals surface area contributed by atoms with Crippen molar-refractivity contribution in [3.63, 3.8) is 0 Å². The average Bonchev–Trinajstić information content (AvgIpc) is 3.17. The molecule has 4 rings (SSSR count). The largest absolute Gasteiger partial charge is 0.353 e. The number of aryl methyl sites for hydroxylation is 1. The fourth-order valence-corrected chi connectivity index (χ4v) is 4.01. The van der Waals surface area contributed by atoms with E-state index in [1.165, 1.54) is 27.9 Å². The molecule has 1 atom stereocenters. The maximum Gasteiger partial charge on any atom is 0.266 e. The predicted octanol–water partition coefficient (Wildman–Crippen LogP) is 3.31. The summed E-state index contributed by atoms with van der Waals surface area (Å²) in [6.07, 6.45) is 1.77. The molecule has 2 heterocycles. The maximum absolute atomic E-state index is 12.5. The Morgan fingerprint density at radius 1 is 1.10 bits per heavy atom. The Hall–Kier alpha value is -3.39. The molecule has 1 amide bonds. The zero-order valence-electron chi connectivity index (χ0n) is 17.1. The molecule has 7 nitrogen and oxygen atoms in total. The van der Waals surface area contributed by atoms with Gasteiger partial charge < -0.3 is 5.32 Å². The number of amides is 1. The highest BCUT2D eigenvalue weighted by Crippen LogP contribution is 2.21. The monoisotopic (exact) mass is 433 g/mol. The summed E-state index contributed by atoms with van der Waals surface area (Å²) in [5, 5.41) is 6.24. The second kappa shape index (κ2) is 9.61. The van der Waals surface area contributed by atoms with E-state index in [1.54, 1.807) is 0 Å². The smallest absolute Gasteiger partial charge is 0.266 e. The summed E-state index contributed by atoms with van der Waals surface area (Å²) >= 11 is 1.27. The number of hydrogen-bond donors (Lipinski definition) is 2. The third-order valence-corrected chi connectivity index (χ3v) is 5.74. The molecule has 0 aliphatic heterocycles. The molecular weight excluding hydrogens is 410 g/mol. The predicted molar refractivity (Wildman–Crippen MR) is 122 cm³/mol. The molecular formula is C23H23N5O2S. The van der Waals surface area contributed by atoms with Gasteiger partial charge in [0.25, 0.3) is 5.56 Å². The zero-order valence-corrected chi connectivity index (χ0v) is 17.9. The molecule has 1 unspecified atom stereocenters. The Balaban J connectivity index is 1.42. The number of nitrogens with zero attached hydrogens (tertiary/aromatic N) is 3. The van der Waals surface area contributed by atoms with Gasteiger partial charge in [0.15, 0.2) is 16.6 Å². The molecule has 2 aromatic carbocycles. The van der Waals surface area contributed by atoms with E-state index in [1.807, 2.05) is 55.5 Å². The number of H-pyrrole nitrogens is 1. The lowest BCUT2D eigenvalue weighted by Gasteiger charge is -2.14. The maximum atomic E-state index is 12.5. The lowest BCUT2D eigenvalue weighted by Crippen LogP contribution is -2.34. The summed E-state index contributed by atoms with van der Waals surface area (Å²) in [7, 11) is 0. The Bertz CT molecular complexity index is 1220. The van der Waals surface area contributed by atoms with E-state index in [0.717, 1.165) is 18.4 Å². The Morgan fingerprint density at radius 3 is 2.55 bits per heavy atom. The number of aromatic nitrogens is 4. The Morgan fingerprint density at radius 2 is 1.81 bits per heavy atom. The number of carbonyl (C=O) groups is 1. The van der Waals surface area contributed by atoms with Crippen molar-refractivity contribution >= 4 is 23.3 Å². The minimum absolute atomic E-state index is 0.0602. The van der Waals surface area contributed by atoms with Crippen LogP contribution in [0.3, 0.4) is 0 Å². The molecule has 0 fully saturated rings. The van der Waals surface area contributed by atoms with Crippen molar-refractivity contribution in [3.8, 4) is 11.4 Å². The molecule has 0 saturated carbocycles. The highest BCUT2D eigenvalue weighted by atomic mass is 32.2. The second-order valence-electron chi connectivity index (χ2n) is 7.29. The van der Waals surface area contributed by atoms with E-state index in [4.69, 9.17) is 0 Å². The molecule has 31 heavy (non-hydrogen) atoms. The van der Waals surface area contributed by atoms with Gasteiger partial charge in [0, 0.05) is 17.7 Å². The van der Waals surface area contributed by atoms with E-state index in [0.29, 0.717) is 16.6 Å². The van der Waals surface area contributed by atoms with Crippen molar-refractivity contribution in [2.75, 3.05) is 5.75 Å². The van der Waals surface area contributed by atoms with Gasteiger partial charge in [-0.25, -0.2) is 14.5 Å². The molecule has 2 N–H and O–H groups in total. The molecule has 2 aromatic heterocycles. The van der Waals surface area contributed by atoms with Crippen molar-refractivity contribution in [2.24, 2.45) is 0 Å². The van der Waals surface area contributed by atoms with Crippen LogP contribution in [0.5, 0.6) is 0 Å². The van der Waals surface area contributed by atoms with Gasteiger partial charge >= 0.3 is 0 Å². The number of fused-ring (bicyclic) bond motifs is 1. The first kappa shape index (κ1) is 20.9. The third kappa shape index (κ3) is 5.40. The lowest BCUT2D eigenvalue weighted by atomic mass is 10.1. The molecule has 8 heteroatoms. The van der Waals surface area contributed by atoms with Crippen molar-refractivity contribution in [1.82, 2.24) is 24.9 Å². The number of hydrogen-bond acceptors (Lipinski definition) is 5. The summed E-state index contributed by atoms with van der Waals surface area (Å²) in [6.45, 7) is 2.01. The quantitative estimate of drug-likeness (QED) is 0.416. The number of nitrogens with one attached hydrogen (secondary N) is 2.